The van der Waals surface area contributed by atoms with E-state index < -0.39 is 0 Å². The molecule has 0 saturated heterocycles. The van der Waals surface area contributed by atoms with Gasteiger partial charge in [-0.25, -0.2) is 4.98 Å². The highest BCUT2D eigenvalue weighted by Crippen LogP contribution is 2.27. The Labute approximate surface area is 165 Å². The predicted octanol–water partition coefficient (Wildman–Crippen LogP) is 4.88. The fraction of sp³-hybridized carbons (Fsp3) is 0.158. The molecule has 136 valence electrons. The van der Waals surface area contributed by atoms with E-state index in [2.05, 4.69) is 33.5 Å². The maximum absolute atomic E-state index is 6.04. The summed E-state index contributed by atoms with van der Waals surface area (Å²) in [6.07, 6.45) is 1.70. The first-order valence-corrected chi connectivity index (χ1v) is 9.66. The third-order valence-corrected chi connectivity index (χ3v) is 5.15. The summed E-state index contributed by atoms with van der Waals surface area (Å²) in [5.41, 5.74) is 4.17. The summed E-state index contributed by atoms with van der Waals surface area (Å²) in [4.78, 5) is 4.34. The van der Waals surface area contributed by atoms with Crippen LogP contribution < -0.4 is 0 Å². The highest BCUT2D eigenvalue weighted by atomic mass is 35.5. The molecule has 27 heavy (non-hydrogen) atoms. The number of thioether (sulfide) groups is 1. The van der Waals surface area contributed by atoms with Crippen LogP contribution in [0.2, 0.25) is 5.02 Å². The van der Waals surface area contributed by atoms with Crippen molar-refractivity contribution < 1.29 is 4.42 Å². The molecule has 2 aromatic heterocycles. The Bertz CT molecular complexity index is 1090. The molecule has 0 aliphatic carbocycles. The van der Waals surface area contributed by atoms with Crippen molar-refractivity contribution in [3.63, 3.8) is 0 Å². The smallest absolute Gasteiger partial charge is 0.214 e. The normalized spacial score (nSPS) is 11.1. The molecular formula is C19H16ClN5OS. The second-order valence-electron chi connectivity index (χ2n) is 6.08. The van der Waals surface area contributed by atoms with Crippen LogP contribution in [-0.4, -0.2) is 25.2 Å². The van der Waals surface area contributed by atoms with Gasteiger partial charge in [-0.05, 0) is 48.0 Å². The van der Waals surface area contributed by atoms with Crippen LogP contribution in [0.3, 0.4) is 0 Å². The standard InChI is InChI=1S/C19H16ClN5OS/c1-12-6-7-16(13(2)8-12)25-19(22-23-24-25)27-11-18-21-10-17(26-18)14-4-3-5-15(20)9-14/h3-10H,11H2,1-2H3. The van der Waals surface area contributed by atoms with Crippen LogP contribution in [0.15, 0.2) is 58.2 Å². The lowest BCUT2D eigenvalue weighted by molar-refractivity contribution is 0.529. The van der Waals surface area contributed by atoms with Gasteiger partial charge in [0, 0.05) is 10.6 Å². The largest absolute Gasteiger partial charge is 0.440 e. The minimum absolute atomic E-state index is 0.520. The molecule has 0 bridgehead atoms. The molecule has 0 radical (unpaired) electrons. The Hall–Kier alpha value is -2.64. The van der Waals surface area contributed by atoms with Gasteiger partial charge in [0.05, 0.1) is 17.6 Å². The number of tetrazole rings is 1. The second kappa shape index (κ2) is 7.54. The van der Waals surface area contributed by atoms with E-state index in [1.807, 2.05) is 43.3 Å². The predicted molar refractivity (Wildman–Crippen MR) is 105 cm³/mol. The van der Waals surface area contributed by atoms with Crippen LogP contribution in [0.5, 0.6) is 0 Å². The first-order valence-electron chi connectivity index (χ1n) is 8.29. The van der Waals surface area contributed by atoms with Crippen LogP contribution in [0.1, 0.15) is 17.0 Å². The highest BCUT2D eigenvalue weighted by Gasteiger charge is 2.14. The molecule has 0 aliphatic rings. The summed E-state index contributed by atoms with van der Waals surface area (Å²) in [5.74, 6) is 1.80. The number of rotatable bonds is 5. The number of hydrogen-bond donors (Lipinski definition) is 0. The zero-order valence-corrected chi connectivity index (χ0v) is 16.3. The lowest BCUT2D eigenvalue weighted by Gasteiger charge is -2.07. The van der Waals surface area contributed by atoms with Crippen molar-refractivity contribution in [2.75, 3.05) is 0 Å². The van der Waals surface area contributed by atoms with E-state index in [9.17, 15) is 0 Å². The lowest BCUT2D eigenvalue weighted by atomic mass is 10.1. The highest BCUT2D eigenvalue weighted by molar-refractivity contribution is 7.98. The van der Waals surface area contributed by atoms with E-state index in [0.717, 1.165) is 16.8 Å². The fourth-order valence-electron chi connectivity index (χ4n) is 2.74. The van der Waals surface area contributed by atoms with Crippen molar-refractivity contribution in [1.29, 1.82) is 0 Å². The van der Waals surface area contributed by atoms with E-state index >= 15 is 0 Å². The Balaban J connectivity index is 1.51. The molecule has 2 aromatic carbocycles. The van der Waals surface area contributed by atoms with E-state index in [0.29, 0.717) is 27.6 Å². The Morgan fingerprint density at radius 2 is 2.04 bits per heavy atom. The van der Waals surface area contributed by atoms with E-state index in [4.69, 9.17) is 16.0 Å². The zero-order valence-electron chi connectivity index (χ0n) is 14.8. The van der Waals surface area contributed by atoms with Gasteiger partial charge in [0.15, 0.2) is 5.76 Å². The third-order valence-electron chi connectivity index (χ3n) is 4.01. The minimum Gasteiger partial charge on any atom is -0.440 e. The van der Waals surface area contributed by atoms with Gasteiger partial charge >= 0.3 is 0 Å². The maximum atomic E-state index is 6.04. The quantitative estimate of drug-likeness (QED) is 0.447. The van der Waals surface area contributed by atoms with Gasteiger partial charge in [0.1, 0.15) is 0 Å². The molecular weight excluding hydrogens is 382 g/mol. The minimum atomic E-state index is 0.520. The van der Waals surface area contributed by atoms with Crippen molar-refractivity contribution in [2.45, 2.75) is 24.8 Å². The molecule has 4 rings (SSSR count). The first-order chi connectivity index (χ1) is 13.1. The van der Waals surface area contributed by atoms with E-state index in [-0.39, 0.29) is 0 Å². The summed E-state index contributed by atoms with van der Waals surface area (Å²) in [5, 5.41) is 13.4. The van der Waals surface area contributed by atoms with Gasteiger partial charge in [-0.15, -0.1) is 5.10 Å². The van der Waals surface area contributed by atoms with Crippen LogP contribution >= 0.6 is 23.4 Å². The number of aryl methyl sites for hydroxylation is 2. The van der Waals surface area contributed by atoms with Gasteiger partial charge in [0.2, 0.25) is 11.0 Å². The Morgan fingerprint density at radius 1 is 1.15 bits per heavy atom. The number of benzene rings is 2. The Morgan fingerprint density at radius 3 is 2.85 bits per heavy atom. The maximum Gasteiger partial charge on any atom is 0.214 e. The van der Waals surface area contributed by atoms with E-state index in [1.165, 1.54) is 17.3 Å². The van der Waals surface area contributed by atoms with Crippen LogP contribution in [0.4, 0.5) is 0 Å². The molecule has 0 amide bonds. The van der Waals surface area contributed by atoms with Crippen molar-refractivity contribution in [2.24, 2.45) is 0 Å². The second-order valence-corrected chi connectivity index (χ2v) is 7.46. The topological polar surface area (TPSA) is 69.6 Å². The molecule has 0 unspecified atom stereocenters. The molecule has 8 heteroatoms. The summed E-state index contributed by atoms with van der Waals surface area (Å²) >= 11 is 7.51. The lowest BCUT2D eigenvalue weighted by Crippen LogP contribution is -2.01. The third kappa shape index (κ3) is 3.89. The van der Waals surface area contributed by atoms with Crippen molar-refractivity contribution in [3.05, 3.63) is 70.7 Å². The summed E-state index contributed by atoms with van der Waals surface area (Å²) in [7, 11) is 0. The summed E-state index contributed by atoms with van der Waals surface area (Å²) in [6, 6.07) is 13.7. The zero-order chi connectivity index (χ0) is 18.8. The molecule has 0 fully saturated rings. The van der Waals surface area contributed by atoms with Crippen molar-refractivity contribution >= 4 is 23.4 Å². The average Bonchev–Trinajstić information content (AvgIpc) is 3.29. The Kier molecular flexibility index (Phi) is 4.96. The summed E-state index contributed by atoms with van der Waals surface area (Å²) < 4.78 is 7.58. The number of hydrogen-bond acceptors (Lipinski definition) is 6. The molecule has 0 atom stereocenters. The van der Waals surface area contributed by atoms with Gasteiger partial charge in [-0.1, -0.05) is 53.2 Å². The fourth-order valence-corrected chi connectivity index (χ4v) is 3.67. The van der Waals surface area contributed by atoms with Gasteiger partial charge in [-0.3, -0.25) is 0 Å². The van der Waals surface area contributed by atoms with Crippen molar-refractivity contribution in [3.8, 4) is 17.0 Å². The van der Waals surface area contributed by atoms with Crippen LogP contribution in [0, 0.1) is 13.8 Å². The molecule has 6 nitrogen and oxygen atoms in total. The number of aromatic nitrogens is 5. The number of halogens is 1. The molecule has 2 heterocycles. The van der Waals surface area contributed by atoms with Gasteiger partial charge in [0.25, 0.3) is 0 Å². The first kappa shape index (κ1) is 17.8. The van der Waals surface area contributed by atoms with Crippen LogP contribution in [-0.2, 0) is 5.75 Å². The molecule has 0 spiro atoms. The van der Waals surface area contributed by atoms with E-state index in [1.54, 1.807) is 10.9 Å². The molecule has 0 N–H and O–H groups in total. The monoisotopic (exact) mass is 397 g/mol. The van der Waals surface area contributed by atoms with Gasteiger partial charge in [-0.2, -0.15) is 4.68 Å². The van der Waals surface area contributed by atoms with Gasteiger partial charge < -0.3 is 4.42 Å². The van der Waals surface area contributed by atoms with Crippen molar-refractivity contribution in [1.82, 2.24) is 25.2 Å². The number of oxazole rings is 1. The molecule has 0 saturated carbocycles. The molecule has 4 aromatic rings. The summed E-state index contributed by atoms with van der Waals surface area (Å²) in [6.45, 7) is 4.11. The molecule has 0 aliphatic heterocycles. The number of nitrogens with zero attached hydrogens (tertiary/aromatic N) is 5. The SMILES string of the molecule is Cc1ccc(-n2nnnc2SCc2ncc(-c3cccc(Cl)c3)o2)c(C)c1. The average molecular weight is 398 g/mol. The van der Waals surface area contributed by atoms with Crippen LogP contribution in [0.25, 0.3) is 17.0 Å².